The first-order valence-electron chi connectivity index (χ1n) is 16.0. The van der Waals surface area contributed by atoms with E-state index in [0.29, 0.717) is 30.4 Å². The van der Waals surface area contributed by atoms with Gasteiger partial charge in [0.1, 0.15) is 28.6 Å². The molecule has 0 saturated carbocycles. The highest BCUT2D eigenvalue weighted by Gasteiger charge is 2.74. The number of phenols is 1. The van der Waals surface area contributed by atoms with Crippen LogP contribution in [0.5, 0.6) is 5.75 Å². The lowest BCUT2D eigenvalue weighted by Gasteiger charge is -2.64. The number of Topliss-reactive ketones (excluding diaryl/α,β-unsaturated/α-hetero) is 4. The topological polar surface area (TPSA) is 149 Å². The van der Waals surface area contributed by atoms with E-state index in [9.17, 15) is 39.6 Å². The zero-order chi connectivity index (χ0) is 33.3. The van der Waals surface area contributed by atoms with Gasteiger partial charge in [-0.05, 0) is 55.1 Å². The summed E-state index contributed by atoms with van der Waals surface area (Å²) in [5, 5.41) is 47.4. The molecule has 0 radical (unpaired) electrons. The largest absolute Gasteiger partial charge is 0.511 e. The van der Waals surface area contributed by atoms with E-state index in [-0.39, 0.29) is 40.9 Å². The minimum atomic E-state index is -2.68. The Hall–Kier alpha value is -3.26. The highest BCUT2D eigenvalue weighted by molar-refractivity contribution is 6.25. The van der Waals surface area contributed by atoms with E-state index in [1.807, 2.05) is 48.5 Å². The second-order valence-electron chi connectivity index (χ2n) is 14.1. The second kappa shape index (κ2) is 11.3. The molecule has 0 saturated heterocycles. The van der Waals surface area contributed by atoms with Crippen LogP contribution in [0.25, 0.3) is 0 Å². The summed E-state index contributed by atoms with van der Waals surface area (Å²) >= 11 is 0. The van der Waals surface area contributed by atoms with Crippen molar-refractivity contribution >= 4 is 23.1 Å². The third-order valence-electron chi connectivity index (χ3n) is 11.6. The van der Waals surface area contributed by atoms with Gasteiger partial charge in [-0.2, -0.15) is 0 Å². The highest BCUT2D eigenvalue weighted by atomic mass is 16.3. The van der Waals surface area contributed by atoms with Crippen LogP contribution in [-0.4, -0.2) is 49.2 Å². The fourth-order valence-corrected chi connectivity index (χ4v) is 9.02. The van der Waals surface area contributed by atoms with Crippen LogP contribution < -0.4 is 0 Å². The lowest BCUT2D eigenvalue weighted by molar-refractivity contribution is -0.189. The van der Waals surface area contributed by atoms with Gasteiger partial charge in [-0.1, -0.05) is 73.9 Å². The smallest absolute Gasteiger partial charge is 0.209 e. The van der Waals surface area contributed by atoms with E-state index in [2.05, 4.69) is 0 Å². The minimum Gasteiger partial charge on any atom is -0.511 e. The normalized spacial score (nSPS) is 32.4. The summed E-state index contributed by atoms with van der Waals surface area (Å²) in [5.74, 6) is -6.70. The number of phenolic OH excluding ortho intramolecular Hbond substituents is 1. The van der Waals surface area contributed by atoms with Crippen molar-refractivity contribution in [2.75, 3.05) is 0 Å². The maximum Gasteiger partial charge on any atom is 0.209 e. The van der Waals surface area contributed by atoms with Gasteiger partial charge in [0, 0.05) is 34.7 Å². The molecular weight excluding hydrogens is 560 g/mol. The molecule has 0 aliphatic heterocycles. The van der Waals surface area contributed by atoms with Crippen molar-refractivity contribution in [1.82, 2.24) is 0 Å². The third kappa shape index (κ3) is 4.19. The number of benzene rings is 1. The van der Waals surface area contributed by atoms with Crippen LogP contribution in [0.2, 0.25) is 0 Å². The van der Waals surface area contributed by atoms with Crippen LogP contribution in [0.1, 0.15) is 115 Å². The Balaban J connectivity index is 2.00. The first kappa shape index (κ1) is 33.6. The van der Waals surface area contributed by atoms with E-state index < -0.39 is 68.6 Å². The molecule has 0 heterocycles. The maximum absolute atomic E-state index is 14.5. The number of hydrogen-bond acceptors (Lipinski definition) is 8. The Kier molecular flexibility index (Phi) is 8.62. The predicted octanol–water partition coefficient (Wildman–Crippen LogP) is 6.48. The standard InChI is InChI=1S/C36H48O8/c1-10-12-21(24(38)13-11-2)16-22-14-15-23-18(5)34(8)20(7)35(9)27(17(3)4)30(40)25(19(6)37)32(42)36(35,44)33(43)28(34)31(41)26(23)29(22)39/h14-15,17-18,20-21,27,39-40,43-44H,10-13,16H2,1-9H3/t18-,20-,21?,27?,34-,35-,36+/m1/s1. The lowest BCUT2D eigenvalue weighted by Crippen LogP contribution is -2.71. The quantitative estimate of drug-likeness (QED) is 0.233. The Bertz CT molecular complexity index is 1500. The van der Waals surface area contributed by atoms with Crippen molar-refractivity contribution in [3.05, 3.63) is 51.5 Å². The van der Waals surface area contributed by atoms with Crippen LogP contribution in [0.3, 0.4) is 0 Å². The molecule has 240 valence electrons. The van der Waals surface area contributed by atoms with Gasteiger partial charge in [0.2, 0.25) is 5.78 Å². The van der Waals surface area contributed by atoms with Crippen molar-refractivity contribution in [2.24, 2.45) is 34.5 Å². The number of allylic oxidation sites excluding steroid dienone is 2. The van der Waals surface area contributed by atoms with Gasteiger partial charge in [-0.15, -0.1) is 0 Å². The molecule has 0 amide bonds. The van der Waals surface area contributed by atoms with Gasteiger partial charge in [0.25, 0.3) is 0 Å². The number of carbonyl (C=O) groups excluding carboxylic acids is 4. The third-order valence-corrected chi connectivity index (χ3v) is 11.6. The van der Waals surface area contributed by atoms with Gasteiger partial charge in [-0.3, -0.25) is 19.2 Å². The number of carbonyl (C=O) groups is 4. The molecule has 8 heteroatoms. The molecule has 3 aliphatic carbocycles. The molecule has 0 bridgehead atoms. The Morgan fingerprint density at radius 2 is 1.61 bits per heavy atom. The molecule has 3 aliphatic rings. The second-order valence-corrected chi connectivity index (χ2v) is 14.1. The van der Waals surface area contributed by atoms with E-state index in [0.717, 1.165) is 13.3 Å². The molecule has 1 aromatic rings. The van der Waals surface area contributed by atoms with Crippen LogP contribution in [0.15, 0.2) is 34.8 Å². The summed E-state index contributed by atoms with van der Waals surface area (Å²) in [6.45, 7) is 15.8. The summed E-state index contributed by atoms with van der Waals surface area (Å²) in [5.41, 5.74) is -5.07. The van der Waals surface area contributed by atoms with Gasteiger partial charge in [0.15, 0.2) is 17.2 Å². The van der Waals surface area contributed by atoms with Crippen molar-refractivity contribution in [3.8, 4) is 5.75 Å². The van der Waals surface area contributed by atoms with Gasteiger partial charge < -0.3 is 20.4 Å². The van der Waals surface area contributed by atoms with Gasteiger partial charge in [-0.25, -0.2) is 0 Å². The minimum absolute atomic E-state index is 0.0135. The first-order valence-corrected chi connectivity index (χ1v) is 16.0. The van der Waals surface area contributed by atoms with E-state index in [1.165, 1.54) is 0 Å². The zero-order valence-electron chi connectivity index (χ0n) is 27.5. The molecule has 0 aromatic heterocycles. The van der Waals surface area contributed by atoms with Crippen LogP contribution in [0, 0.1) is 34.5 Å². The van der Waals surface area contributed by atoms with Crippen molar-refractivity contribution in [1.29, 1.82) is 0 Å². The number of fused-ring (bicyclic) bond motifs is 3. The van der Waals surface area contributed by atoms with Crippen molar-refractivity contribution in [2.45, 2.75) is 106 Å². The number of rotatable bonds is 9. The lowest BCUT2D eigenvalue weighted by atomic mass is 9.39. The fourth-order valence-electron chi connectivity index (χ4n) is 9.02. The summed E-state index contributed by atoms with van der Waals surface area (Å²) in [7, 11) is 0. The van der Waals surface area contributed by atoms with Crippen LogP contribution >= 0.6 is 0 Å². The summed E-state index contributed by atoms with van der Waals surface area (Å²) in [4.78, 5) is 54.1. The van der Waals surface area contributed by atoms with E-state index in [1.54, 1.807) is 19.1 Å². The number of hydrogen-bond donors (Lipinski definition) is 4. The monoisotopic (exact) mass is 608 g/mol. The molecule has 0 spiro atoms. The predicted molar refractivity (Wildman–Crippen MR) is 167 cm³/mol. The van der Waals surface area contributed by atoms with Crippen LogP contribution in [-0.2, 0) is 20.8 Å². The Morgan fingerprint density at radius 1 is 1.00 bits per heavy atom. The summed E-state index contributed by atoms with van der Waals surface area (Å²) in [6, 6.07) is 3.56. The molecule has 7 atom stereocenters. The Labute approximate surface area is 260 Å². The maximum atomic E-state index is 14.5. The molecule has 4 rings (SSSR count). The zero-order valence-corrected chi connectivity index (χ0v) is 27.5. The molecule has 8 nitrogen and oxygen atoms in total. The van der Waals surface area contributed by atoms with Crippen molar-refractivity contribution in [3.63, 3.8) is 0 Å². The average Bonchev–Trinajstić information content (AvgIpc) is 2.94. The highest BCUT2D eigenvalue weighted by Crippen LogP contribution is 2.70. The van der Waals surface area contributed by atoms with Gasteiger partial charge >= 0.3 is 0 Å². The Morgan fingerprint density at radius 3 is 2.14 bits per heavy atom. The average molecular weight is 609 g/mol. The number of aromatic hydroxyl groups is 1. The van der Waals surface area contributed by atoms with E-state index >= 15 is 0 Å². The molecule has 1 aromatic carbocycles. The van der Waals surface area contributed by atoms with Crippen LogP contribution in [0.4, 0.5) is 0 Å². The van der Waals surface area contributed by atoms with E-state index in [4.69, 9.17) is 0 Å². The van der Waals surface area contributed by atoms with Gasteiger partial charge in [0.05, 0.1) is 5.56 Å². The molecular formula is C36H48O8. The first-order chi connectivity index (χ1) is 20.4. The molecule has 44 heavy (non-hydrogen) atoms. The van der Waals surface area contributed by atoms with Crippen molar-refractivity contribution < 1.29 is 39.6 Å². The summed E-state index contributed by atoms with van der Waals surface area (Å²) < 4.78 is 0. The number of ketones is 4. The molecule has 4 N–H and O–H groups in total. The SMILES string of the molecule is CCCC(=O)C(CCC)Cc1ccc2c(c1O)C(=O)C1=C(O)[C@@]3(O)C(=O)C(C(C)=O)=C(O)C(C(C)C)[C@@]3(C)[C@H](C)[C@@]1(C)[C@@H]2C. The summed E-state index contributed by atoms with van der Waals surface area (Å²) in [6.07, 6.45) is 2.83. The molecule has 0 fully saturated rings. The number of aliphatic hydroxyl groups excluding tert-OH is 2. The molecule has 2 unspecified atom stereocenters. The number of aliphatic hydroxyl groups is 3. The fraction of sp³-hybridized carbons (Fsp3) is 0.611.